The molecule has 2 aromatic carbocycles. The third kappa shape index (κ3) is 4.89. The Kier molecular flexibility index (Phi) is 6.44. The van der Waals surface area contributed by atoms with Crippen LogP contribution in [-0.2, 0) is 14.8 Å². The summed E-state index contributed by atoms with van der Waals surface area (Å²) in [6.45, 7) is 0.510. The first-order valence-corrected chi connectivity index (χ1v) is 10.8. The van der Waals surface area contributed by atoms with Crippen LogP contribution in [0.4, 0.5) is 4.39 Å². The van der Waals surface area contributed by atoms with Crippen LogP contribution in [0.1, 0.15) is 23.2 Å². The summed E-state index contributed by atoms with van der Waals surface area (Å²) in [4.78, 5) is 26.6. The predicted molar refractivity (Wildman–Crippen MR) is 106 cm³/mol. The summed E-state index contributed by atoms with van der Waals surface area (Å²) in [5.41, 5.74) is 0.669. The van der Waals surface area contributed by atoms with Crippen molar-refractivity contribution in [3.05, 3.63) is 66.0 Å². The third-order valence-corrected chi connectivity index (χ3v) is 6.97. The van der Waals surface area contributed by atoms with Crippen molar-refractivity contribution >= 4 is 21.7 Å². The first-order chi connectivity index (χ1) is 13.8. The normalized spacial score (nSPS) is 15.5. The number of hydrogen-bond donors (Lipinski definition) is 0. The number of likely N-dealkylation sites (N-methyl/N-ethyl adjacent to an activating group) is 1. The molecule has 1 amide bonds. The molecule has 1 aliphatic rings. The lowest BCUT2D eigenvalue weighted by Crippen LogP contribution is -2.45. The number of Topliss-reactive ketones (excluding diaryl/α,β-unsaturated/α-hetero) is 1. The number of nitrogens with zero attached hydrogens (tertiary/aromatic N) is 2. The SMILES string of the molecule is CN(CC(=O)N1CCC(C(=O)c2ccccc2)CC1)S(=O)(=O)c1ccc(F)cc1. The average molecular weight is 418 g/mol. The number of ketones is 1. The Morgan fingerprint density at radius 3 is 2.21 bits per heavy atom. The molecule has 0 bridgehead atoms. The maximum atomic E-state index is 13.0. The molecule has 3 rings (SSSR count). The highest BCUT2D eigenvalue weighted by Gasteiger charge is 2.30. The Bertz CT molecular complexity index is 970. The van der Waals surface area contributed by atoms with Gasteiger partial charge in [-0.1, -0.05) is 30.3 Å². The number of likely N-dealkylation sites (tertiary alicyclic amines) is 1. The fraction of sp³-hybridized carbons (Fsp3) is 0.333. The van der Waals surface area contributed by atoms with Crippen molar-refractivity contribution in [3.63, 3.8) is 0 Å². The van der Waals surface area contributed by atoms with Gasteiger partial charge >= 0.3 is 0 Å². The van der Waals surface area contributed by atoms with E-state index in [1.807, 2.05) is 18.2 Å². The van der Waals surface area contributed by atoms with Gasteiger partial charge in [0.15, 0.2) is 5.78 Å². The topological polar surface area (TPSA) is 74.8 Å². The van der Waals surface area contributed by atoms with Gasteiger partial charge in [0.25, 0.3) is 0 Å². The van der Waals surface area contributed by atoms with Crippen molar-refractivity contribution in [3.8, 4) is 0 Å². The van der Waals surface area contributed by atoms with E-state index in [1.165, 1.54) is 19.2 Å². The van der Waals surface area contributed by atoms with Gasteiger partial charge in [-0.25, -0.2) is 12.8 Å². The molecule has 0 atom stereocenters. The van der Waals surface area contributed by atoms with E-state index < -0.39 is 15.8 Å². The summed E-state index contributed by atoms with van der Waals surface area (Å²) in [7, 11) is -2.56. The Labute approximate surface area is 170 Å². The van der Waals surface area contributed by atoms with Gasteiger partial charge in [0.05, 0.1) is 11.4 Å². The molecular formula is C21H23FN2O4S. The highest BCUT2D eigenvalue weighted by atomic mass is 32.2. The molecule has 6 nitrogen and oxygen atoms in total. The zero-order valence-electron chi connectivity index (χ0n) is 16.1. The standard InChI is InChI=1S/C21H23FN2O4S/c1-23(29(27,28)19-9-7-18(22)8-10-19)15-20(25)24-13-11-17(12-14-24)21(26)16-5-3-2-4-6-16/h2-10,17H,11-15H2,1H3. The van der Waals surface area contributed by atoms with Crippen molar-refractivity contribution < 1.29 is 22.4 Å². The number of sulfonamides is 1. The van der Waals surface area contributed by atoms with Crippen molar-refractivity contribution in [2.75, 3.05) is 26.7 Å². The van der Waals surface area contributed by atoms with Crippen LogP contribution >= 0.6 is 0 Å². The van der Waals surface area contributed by atoms with Crippen LogP contribution in [-0.4, -0.2) is 56.0 Å². The molecule has 0 N–H and O–H groups in total. The minimum atomic E-state index is -3.88. The van der Waals surface area contributed by atoms with Crippen LogP contribution in [0.2, 0.25) is 0 Å². The first-order valence-electron chi connectivity index (χ1n) is 9.38. The molecule has 1 aliphatic heterocycles. The molecule has 1 saturated heterocycles. The van der Waals surface area contributed by atoms with Crippen molar-refractivity contribution in [1.29, 1.82) is 0 Å². The molecule has 8 heteroatoms. The number of carbonyl (C=O) groups is 2. The molecule has 0 aliphatic carbocycles. The second kappa shape index (κ2) is 8.84. The van der Waals surface area contributed by atoms with E-state index in [0.717, 1.165) is 16.4 Å². The minimum Gasteiger partial charge on any atom is -0.342 e. The number of benzene rings is 2. The summed E-state index contributed by atoms with van der Waals surface area (Å²) < 4.78 is 39.1. The molecule has 0 spiro atoms. The number of rotatable bonds is 6. The quantitative estimate of drug-likeness (QED) is 0.676. The van der Waals surface area contributed by atoms with Crippen LogP contribution in [0.3, 0.4) is 0 Å². The lowest BCUT2D eigenvalue weighted by molar-refractivity contribution is -0.132. The van der Waals surface area contributed by atoms with Crippen molar-refractivity contribution in [2.24, 2.45) is 5.92 Å². The summed E-state index contributed by atoms with van der Waals surface area (Å²) in [5, 5.41) is 0. The van der Waals surface area contributed by atoms with E-state index in [-0.39, 0.29) is 29.0 Å². The number of carbonyl (C=O) groups excluding carboxylic acids is 2. The van der Waals surface area contributed by atoms with Crippen molar-refractivity contribution in [1.82, 2.24) is 9.21 Å². The molecular weight excluding hydrogens is 395 g/mol. The maximum absolute atomic E-state index is 13.0. The number of amides is 1. The zero-order valence-corrected chi connectivity index (χ0v) is 16.9. The number of halogens is 1. The fourth-order valence-electron chi connectivity index (χ4n) is 3.39. The Morgan fingerprint density at radius 2 is 1.62 bits per heavy atom. The molecule has 2 aromatic rings. The second-order valence-corrected chi connectivity index (χ2v) is 9.15. The molecule has 0 radical (unpaired) electrons. The van der Waals surface area contributed by atoms with Crippen LogP contribution in [0.5, 0.6) is 0 Å². The van der Waals surface area contributed by atoms with E-state index in [4.69, 9.17) is 0 Å². The van der Waals surface area contributed by atoms with Crippen LogP contribution in [0.15, 0.2) is 59.5 Å². The van der Waals surface area contributed by atoms with E-state index in [1.54, 1.807) is 17.0 Å². The fourth-order valence-corrected chi connectivity index (χ4v) is 4.51. The predicted octanol–water partition coefficient (Wildman–Crippen LogP) is 2.57. The minimum absolute atomic E-state index is 0.0682. The van der Waals surface area contributed by atoms with E-state index in [2.05, 4.69) is 0 Å². The largest absolute Gasteiger partial charge is 0.342 e. The van der Waals surface area contributed by atoms with E-state index >= 15 is 0 Å². The summed E-state index contributed by atoms with van der Waals surface area (Å²) >= 11 is 0. The molecule has 0 aromatic heterocycles. The number of piperidine rings is 1. The molecule has 0 saturated carbocycles. The van der Waals surface area contributed by atoms with Gasteiger partial charge in [-0.15, -0.1) is 0 Å². The van der Waals surface area contributed by atoms with Gasteiger partial charge < -0.3 is 4.90 Å². The smallest absolute Gasteiger partial charge is 0.243 e. The Hall–Kier alpha value is -2.58. The molecule has 29 heavy (non-hydrogen) atoms. The highest BCUT2D eigenvalue weighted by Crippen LogP contribution is 2.22. The highest BCUT2D eigenvalue weighted by molar-refractivity contribution is 7.89. The van der Waals surface area contributed by atoms with Gasteiger partial charge in [0, 0.05) is 31.6 Å². The Morgan fingerprint density at radius 1 is 1.03 bits per heavy atom. The molecule has 0 unspecified atom stereocenters. The van der Waals surface area contributed by atoms with E-state index in [9.17, 15) is 22.4 Å². The monoisotopic (exact) mass is 418 g/mol. The maximum Gasteiger partial charge on any atom is 0.243 e. The lowest BCUT2D eigenvalue weighted by atomic mass is 9.89. The van der Waals surface area contributed by atoms with Crippen molar-refractivity contribution in [2.45, 2.75) is 17.7 Å². The van der Waals surface area contributed by atoms with E-state index in [0.29, 0.717) is 31.5 Å². The van der Waals surface area contributed by atoms with Crippen LogP contribution in [0, 0.1) is 11.7 Å². The molecule has 154 valence electrons. The zero-order chi connectivity index (χ0) is 21.0. The Balaban J connectivity index is 1.57. The average Bonchev–Trinajstić information content (AvgIpc) is 2.74. The van der Waals surface area contributed by atoms with Gasteiger partial charge in [0.2, 0.25) is 15.9 Å². The summed E-state index contributed by atoms with van der Waals surface area (Å²) in [6.07, 6.45) is 1.10. The van der Waals surface area contributed by atoms with Gasteiger partial charge in [-0.05, 0) is 37.1 Å². The van der Waals surface area contributed by atoms with Crippen LogP contribution < -0.4 is 0 Å². The van der Waals surface area contributed by atoms with Gasteiger partial charge in [-0.2, -0.15) is 4.31 Å². The second-order valence-electron chi connectivity index (χ2n) is 7.10. The first kappa shape index (κ1) is 21.1. The van der Waals surface area contributed by atoms with Gasteiger partial charge in [0.1, 0.15) is 5.82 Å². The molecule has 1 fully saturated rings. The lowest BCUT2D eigenvalue weighted by Gasteiger charge is -2.32. The van der Waals surface area contributed by atoms with Crippen LogP contribution in [0.25, 0.3) is 0 Å². The van der Waals surface area contributed by atoms with Gasteiger partial charge in [-0.3, -0.25) is 9.59 Å². The summed E-state index contributed by atoms with van der Waals surface area (Å²) in [6, 6.07) is 13.6. The summed E-state index contributed by atoms with van der Waals surface area (Å²) in [5.74, 6) is -0.907. The third-order valence-electron chi connectivity index (χ3n) is 5.16. The number of hydrogen-bond acceptors (Lipinski definition) is 4. The molecule has 1 heterocycles.